The second kappa shape index (κ2) is 7.52. The fourth-order valence-electron chi connectivity index (χ4n) is 3.26. The summed E-state index contributed by atoms with van der Waals surface area (Å²) in [4.78, 5) is 0.380. The first-order chi connectivity index (χ1) is 11.2. The van der Waals surface area contributed by atoms with E-state index in [4.69, 9.17) is 0 Å². The van der Waals surface area contributed by atoms with Crippen LogP contribution in [-0.4, -0.2) is 14.2 Å². The van der Waals surface area contributed by atoms with Crippen molar-refractivity contribution in [1.29, 1.82) is 0 Å². The van der Waals surface area contributed by atoms with Gasteiger partial charge in [0.25, 0.3) is 0 Å². The zero-order chi connectivity index (χ0) is 17.8. The quantitative estimate of drug-likeness (QED) is 0.662. The maximum atomic E-state index is 12.3. The Labute approximate surface area is 146 Å². The van der Waals surface area contributed by atoms with Gasteiger partial charge in [-0.05, 0) is 56.2 Å². The lowest BCUT2D eigenvalue weighted by molar-refractivity contribution is 0.377. The van der Waals surface area contributed by atoms with Crippen LogP contribution in [0.1, 0.15) is 47.0 Å². The maximum Gasteiger partial charge on any atom is 0.181 e. The number of hydrogen-bond donors (Lipinski definition) is 0. The van der Waals surface area contributed by atoms with Crippen LogP contribution in [0.25, 0.3) is 0 Å². The van der Waals surface area contributed by atoms with Gasteiger partial charge < -0.3 is 0 Å². The highest BCUT2D eigenvalue weighted by molar-refractivity contribution is 7.91. The minimum Gasteiger partial charge on any atom is -0.223 e. The molecular weight excluding hydrogens is 316 g/mol. The van der Waals surface area contributed by atoms with Gasteiger partial charge in [-0.3, -0.25) is 0 Å². The van der Waals surface area contributed by atoms with Gasteiger partial charge >= 0.3 is 0 Å². The Morgan fingerprint density at radius 2 is 1.88 bits per heavy atom. The molecule has 1 aromatic rings. The monoisotopic (exact) mass is 344 g/mol. The molecule has 0 atom stereocenters. The van der Waals surface area contributed by atoms with Gasteiger partial charge in [-0.25, -0.2) is 8.42 Å². The van der Waals surface area contributed by atoms with Crippen molar-refractivity contribution in [1.82, 2.24) is 0 Å². The van der Waals surface area contributed by atoms with E-state index in [-0.39, 0.29) is 11.2 Å². The lowest BCUT2D eigenvalue weighted by Gasteiger charge is -2.32. The van der Waals surface area contributed by atoms with Crippen molar-refractivity contribution in [2.24, 2.45) is 5.41 Å². The molecule has 0 N–H and O–H groups in total. The van der Waals surface area contributed by atoms with Crippen molar-refractivity contribution in [3.8, 4) is 0 Å². The van der Waals surface area contributed by atoms with Gasteiger partial charge in [0.1, 0.15) is 0 Å². The summed E-state index contributed by atoms with van der Waals surface area (Å²) >= 11 is 0. The van der Waals surface area contributed by atoms with E-state index < -0.39 is 9.84 Å². The summed E-state index contributed by atoms with van der Waals surface area (Å²) in [7, 11) is -3.25. The molecule has 2 nitrogen and oxygen atoms in total. The molecule has 3 heteroatoms. The summed E-state index contributed by atoms with van der Waals surface area (Å²) in [5, 5.41) is 0. The van der Waals surface area contributed by atoms with Gasteiger partial charge in [0.15, 0.2) is 9.84 Å². The molecule has 1 aliphatic rings. The predicted octanol–water partition coefficient (Wildman–Crippen LogP) is 5.49. The van der Waals surface area contributed by atoms with Crippen molar-refractivity contribution < 1.29 is 8.42 Å². The largest absolute Gasteiger partial charge is 0.223 e. The first-order valence-corrected chi connectivity index (χ1v) is 10.2. The van der Waals surface area contributed by atoms with Crippen LogP contribution in [0.2, 0.25) is 0 Å². The molecule has 1 aromatic carbocycles. The summed E-state index contributed by atoms with van der Waals surface area (Å²) in [5.74, 6) is 0.0363. The molecule has 0 amide bonds. The lowest BCUT2D eigenvalue weighted by atomic mass is 9.72. The number of rotatable bonds is 5. The first kappa shape index (κ1) is 18.7. The molecular formula is C21H28O2S. The van der Waals surface area contributed by atoms with Gasteiger partial charge in [0.05, 0.1) is 10.6 Å². The van der Waals surface area contributed by atoms with E-state index in [0.29, 0.717) is 4.90 Å². The average molecular weight is 345 g/mol. The summed E-state index contributed by atoms with van der Waals surface area (Å²) in [5.41, 5.74) is 4.03. The van der Waals surface area contributed by atoms with Crippen molar-refractivity contribution >= 4 is 9.84 Å². The van der Waals surface area contributed by atoms with E-state index >= 15 is 0 Å². The van der Waals surface area contributed by atoms with Crippen LogP contribution in [-0.2, 0) is 9.84 Å². The van der Waals surface area contributed by atoms with E-state index in [2.05, 4.69) is 26.8 Å². The standard InChI is InChI=1S/C21H28O2S/c1-17(12-13-20-18(2)9-8-15-21(20,3)4)14-16-24(22,23)19-10-6-5-7-11-19/h5-7,10-14H,8-9,15-16H2,1-4H3/b13-12+,17-14+. The first-order valence-electron chi connectivity index (χ1n) is 8.55. The molecule has 0 fully saturated rings. The lowest BCUT2D eigenvalue weighted by Crippen LogP contribution is -2.19. The molecule has 0 spiro atoms. The number of benzene rings is 1. The average Bonchev–Trinajstić information content (AvgIpc) is 2.53. The maximum absolute atomic E-state index is 12.3. The van der Waals surface area contributed by atoms with Gasteiger partial charge in [-0.2, -0.15) is 0 Å². The van der Waals surface area contributed by atoms with E-state index in [1.807, 2.05) is 19.1 Å². The summed E-state index contributed by atoms with van der Waals surface area (Å²) in [6.45, 7) is 8.74. The van der Waals surface area contributed by atoms with E-state index in [0.717, 1.165) is 12.0 Å². The summed E-state index contributed by atoms with van der Waals surface area (Å²) in [6, 6.07) is 8.62. The zero-order valence-corrected chi connectivity index (χ0v) is 16.0. The molecule has 0 aromatic heterocycles. The number of allylic oxidation sites excluding steroid dienone is 5. The third kappa shape index (κ3) is 4.70. The third-order valence-corrected chi connectivity index (χ3v) is 6.38. The van der Waals surface area contributed by atoms with E-state index in [9.17, 15) is 8.42 Å². The van der Waals surface area contributed by atoms with Gasteiger partial charge in [-0.1, -0.05) is 61.4 Å². The van der Waals surface area contributed by atoms with Crippen molar-refractivity contribution in [2.75, 3.05) is 5.75 Å². The Balaban J connectivity index is 2.12. The molecule has 0 aliphatic heterocycles. The summed E-state index contributed by atoms with van der Waals surface area (Å²) in [6.07, 6.45) is 9.64. The molecule has 0 bridgehead atoms. The third-order valence-electron chi connectivity index (χ3n) is 4.78. The predicted molar refractivity (Wildman–Crippen MR) is 102 cm³/mol. The van der Waals surface area contributed by atoms with Crippen LogP contribution in [0.3, 0.4) is 0 Å². The highest BCUT2D eigenvalue weighted by Gasteiger charge is 2.26. The molecule has 2 rings (SSSR count). The second-order valence-corrected chi connectivity index (χ2v) is 9.34. The smallest absolute Gasteiger partial charge is 0.181 e. The van der Waals surface area contributed by atoms with Crippen LogP contribution in [0.15, 0.2) is 70.2 Å². The molecule has 0 radical (unpaired) electrons. The molecule has 24 heavy (non-hydrogen) atoms. The van der Waals surface area contributed by atoms with Crippen molar-refractivity contribution in [3.63, 3.8) is 0 Å². The minimum absolute atomic E-state index is 0.0363. The molecule has 1 aliphatic carbocycles. The Kier molecular flexibility index (Phi) is 5.87. The van der Waals surface area contributed by atoms with Crippen LogP contribution < -0.4 is 0 Å². The van der Waals surface area contributed by atoms with E-state index in [1.165, 1.54) is 24.0 Å². The number of hydrogen-bond acceptors (Lipinski definition) is 2. The Morgan fingerprint density at radius 1 is 1.21 bits per heavy atom. The van der Waals surface area contributed by atoms with Crippen LogP contribution >= 0.6 is 0 Å². The van der Waals surface area contributed by atoms with Gasteiger partial charge in [0.2, 0.25) is 0 Å². The van der Waals surface area contributed by atoms with Crippen LogP contribution in [0.5, 0.6) is 0 Å². The highest BCUT2D eigenvalue weighted by Crippen LogP contribution is 2.40. The fourth-order valence-corrected chi connectivity index (χ4v) is 4.50. The second-order valence-electron chi connectivity index (χ2n) is 7.31. The molecule has 0 heterocycles. The van der Waals surface area contributed by atoms with Crippen LogP contribution in [0, 0.1) is 5.41 Å². The normalized spacial score (nSPS) is 19.1. The molecule has 0 unspecified atom stereocenters. The van der Waals surface area contributed by atoms with Crippen molar-refractivity contribution in [3.05, 3.63) is 65.3 Å². The number of sulfone groups is 1. The van der Waals surface area contributed by atoms with Gasteiger partial charge in [0, 0.05) is 0 Å². The minimum atomic E-state index is -3.25. The van der Waals surface area contributed by atoms with E-state index in [1.54, 1.807) is 30.3 Å². The molecule has 0 saturated heterocycles. The van der Waals surface area contributed by atoms with Crippen molar-refractivity contribution in [2.45, 2.75) is 51.9 Å². The fraction of sp³-hybridized carbons (Fsp3) is 0.429. The zero-order valence-electron chi connectivity index (χ0n) is 15.2. The van der Waals surface area contributed by atoms with Gasteiger partial charge in [-0.15, -0.1) is 0 Å². The molecule has 130 valence electrons. The Hall–Kier alpha value is -1.61. The SMILES string of the molecule is CC1=C(/C=C/C(C)=C/CS(=O)(=O)c2ccccc2)C(C)(C)CCC1. The topological polar surface area (TPSA) is 34.1 Å². The summed E-state index contributed by atoms with van der Waals surface area (Å²) < 4.78 is 24.6. The highest BCUT2D eigenvalue weighted by atomic mass is 32.2. The van der Waals surface area contributed by atoms with Crippen LogP contribution in [0.4, 0.5) is 0 Å². The Bertz CT molecular complexity index is 763. The molecule has 0 saturated carbocycles. The Morgan fingerprint density at radius 3 is 2.50 bits per heavy atom.